The lowest BCUT2D eigenvalue weighted by molar-refractivity contribution is 0.797. The van der Waals surface area contributed by atoms with Gasteiger partial charge < -0.3 is 0 Å². The van der Waals surface area contributed by atoms with Crippen LogP contribution in [0.25, 0.3) is 98.1 Å². The molecule has 0 aliphatic heterocycles. The maximum absolute atomic E-state index is 5.13. The molecule has 4 heteroatoms. The third-order valence-corrected chi connectivity index (χ3v) is 13.7. The van der Waals surface area contributed by atoms with Gasteiger partial charge in [0.2, 0.25) is 0 Å². The van der Waals surface area contributed by atoms with Crippen molar-refractivity contribution in [3.8, 4) is 56.4 Å². The standard InChI is InChI=1S/C54H31N3S/c1-2-10-35(11-3-1)51-55-52(57-53(56-51)38-27-29-48-42(30-38)41-15-5-7-19-47(41)58-48)36-24-20-32(21-25-36)37-26-28-40-39-14-4-6-16-43(39)54(46(40)31-37)44-17-8-12-33-22-23-34-13-9-18-45(54)50(34)49(33)44/h1-31H. The van der Waals surface area contributed by atoms with Crippen molar-refractivity contribution in [1.29, 1.82) is 0 Å². The second-order valence-corrected chi connectivity index (χ2v) is 16.6. The monoisotopic (exact) mass is 753 g/mol. The van der Waals surface area contributed by atoms with Crippen LogP contribution in [-0.2, 0) is 5.41 Å². The molecule has 0 atom stereocenters. The van der Waals surface area contributed by atoms with Gasteiger partial charge in [-0.05, 0) is 96.4 Å². The number of fused-ring (bicyclic) bond motifs is 10. The smallest absolute Gasteiger partial charge is 0.164 e. The van der Waals surface area contributed by atoms with Gasteiger partial charge in [0.15, 0.2) is 17.5 Å². The zero-order valence-electron chi connectivity index (χ0n) is 31.1. The van der Waals surface area contributed by atoms with Crippen LogP contribution in [-0.4, -0.2) is 15.0 Å². The molecule has 2 heterocycles. The Hall–Kier alpha value is -7.27. The molecule has 0 unspecified atom stereocenters. The molecule has 0 saturated carbocycles. The van der Waals surface area contributed by atoms with Crippen LogP contribution in [0.1, 0.15) is 22.3 Å². The molecule has 0 saturated heterocycles. The van der Waals surface area contributed by atoms with E-state index in [-0.39, 0.29) is 0 Å². The molecular weight excluding hydrogens is 723 g/mol. The molecule has 2 aromatic heterocycles. The van der Waals surface area contributed by atoms with E-state index in [9.17, 15) is 0 Å². The average molecular weight is 754 g/mol. The van der Waals surface area contributed by atoms with Crippen LogP contribution < -0.4 is 0 Å². The Labute approximate surface area is 338 Å². The lowest BCUT2D eigenvalue weighted by Crippen LogP contribution is -2.26. The van der Waals surface area contributed by atoms with Crippen molar-refractivity contribution >= 4 is 53.1 Å². The zero-order chi connectivity index (χ0) is 38.0. The highest BCUT2D eigenvalue weighted by molar-refractivity contribution is 7.25. The predicted molar refractivity (Wildman–Crippen MR) is 240 cm³/mol. The SMILES string of the molecule is c1ccc(-c2nc(-c3ccc(-c4ccc5c(c4)C4(c6ccccc6-5)c5cccc6ccc7cccc4c7c56)cc3)nc(-c3ccc4sc5ccccc5c4c3)n2)cc1. The summed E-state index contributed by atoms with van der Waals surface area (Å²) < 4.78 is 2.54. The van der Waals surface area contributed by atoms with Gasteiger partial charge in [-0.2, -0.15) is 0 Å². The van der Waals surface area contributed by atoms with Gasteiger partial charge in [0.1, 0.15) is 0 Å². The van der Waals surface area contributed by atoms with Crippen molar-refractivity contribution in [3.05, 3.63) is 210 Å². The van der Waals surface area contributed by atoms with Gasteiger partial charge in [0.05, 0.1) is 5.41 Å². The summed E-state index contributed by atoms with van der Waals surface area (Å²) in [5.74, 6) is 1.97. The first-order valence-electron chi connectivity index (χ1n) is 19.8. The van der Waals surface area contributed by atoms with Gasteiger partial charge in [0, 0.05) is 36.9 Å². The third-order valence-electron chi connectivity index (χ3n) is 12.5. The minimum atomic E-state index is -0.391. The van der Waals surface area contributed by atoms with E-state index >= 15 is 0 Å². The number of hydrogen-bond donors (Lipinski definition) is 0. The topological polar surface area (TPSA) is 38.7 Å². The van der Waals surface area contributed by atoms with E-state index in [2.05, 4.69) is 170 Å². The largest absolute Gasteiger partial charge is 0.208 e. The Kier molecular flexibility index (Phi) is 6.53. The van der Waals surface area contributed by atoms with Crippen molar-refractivity contribution in [1.82, 2.24) is 15.0 Å². The summed E-state index contributed by atoms with van der Waals surface area (Å²) in [6.45, 7) is 0. The number of thiophene rings is 1. The number of nitrogens with zero attached hydrogens (tertiary/aromatic N) is 3. The maximum atomic E-state index is 5.13. The van der Waals surface area contributed by atoms with Crippen molar-refractivity contribution in [2.75, 3.05) is 0 Å². The van der Waals surface area contributed by atoms with E-state index < -0.39 is 5.41 Å². The maximum Gasteiger partial charge on any atom is 0.164 e. The van der Waals surface area contributed by atoms with Crippen LogP contribution in [0.15, 0.2) is 188 Å². The molecule has 0 bridgehead atoms. The Bertz CT molecular complexity index is 3450. The van der Waals surface area contributed by atoms with Crippen molar-refractivity contribution < 1.29 is 0 Å². The van der Waals surface area contributed by atoms with Gasteiger partial charge in [-0.15, -0.1) is 11.3 Å². The Morgan fingerprint density at radius 3 is 1.64 bits per heavy atom. The van der Waals surface area contributed by atoms with Gasteiger partial charge in [-0.1, -0.05) is 158 Å². The number of rotatable bonds is 4. The summed E-state index contributed by atoms with van der Waals surface area (Å²) in [5, 5.41) is 7.82. The van der Waals surface area contributed by atoms with E-state index in [0.29, 0.717) is 17.5 Å². The molecule has 2 aliphatic rings. The first-order chi connectivity index (χ1) is 28.7. The number of hydrogen-bond acceptors (Lipinski definition) is 4. The van der Waals surface area contributed by atoms with Crippen LogP contribution in [0, 0.1) is 0 Å². The first-order valence-corrected chi connectivity index (χ1v) is 20.6. The molecule has 3 nitrogen and oxygen atoms in total. The molecule has 0 fully saturated rings. The average Bonchev–Trinajstić information content (AvgIpc) is 3.93. The number of benzene rings is 9. The lowest BCUT2D eigenvalue weighted by atomic mass is 9.70. The zero-order valence-corrected chi connectivity index (χ0v) is 32.0. The van der Waals surface area contributed by atoms with E-state index in [1.54, 1.807) is 0 Å². The minimum absolute atomic E-state index is 0.391. The second kappa shape index (κ2) is 11.9. The quantitative estimate of drug-likeness (QED) is 0.168. The van der Waals surface area contributed by atoms with Crippen molar-refractivity contribution in [2.24, 2.45) is 0 Å². The highest BCUT2D eigenvalue weighted by Crippen LogP contribution is 2.62. The van der Waals surface area contributed by atoms with Crippen LogP contribution in [0.4, 0.5) is 0 Å². The van der Waals surface area contributed by atoms with Gasteiger partial charge >= 0.3 is 0 Å². The summed E-state index contributed by atoms with van der Waals surface area (Å²) in [6, 6.07) is 68.5. The molecular formula is C54H31N3S. The van der Waals surface area contributed by atoms with Crippen LogP contribution >= 0.6 is 11.3 Å². The van der Waals surface area contributed by atoms with E-state index in [0.717, 1.165) is 22.3 Å². The van der Waals surface area contributed by atoms with E-state index in [4.69, 9.17) is 15.0 Å². The molecule has 1 spiro atoms. The molecule has 2 aliphatic carbocycles. The van der Waals surface area contributed by atoms with Gasteiger partial charge in [-0.25, -0.2) is 15.0 Å². The normalized spacial score (nSPS) is 13.3. The van der Waals surface area contributed by atoms with Crippen LogP contribution in [0.2, 0.25) is 0 Å². The van der Waals surface area contributed by atoms with Gasteiger partial charge in [0.25, 0.3) is 0 Å². The van der Waals surface area contributed by atoms with Gasteiger partial charge in [-0.3, -0.25) is 0 Å². The van der Waals surface area contributed by atoms with Crippen LogP contribution in [0.5, 0.6) is 0 Å². The Morgan fingerprint density at radius 2 is 0.879 bits per heavy atom. The molecule has 58 heavy (non-hydrogen) atoms. The highest BCUT2D eigenvalue weighted by Gasteiger charge is 2.50. The van der Waals surface area contributed by atoms with E-state index in [1.807, 2.05) is 29.5 Å². The van der Waals surface area contributed by atoms with Crippen molar-refractivity contribution in [3.63, 3.8) is 0 Å². The first kappa shape index (κ1) is 31.9. The highest BCUT2D eigenvalue weighted by atomic mass is 32.1. The minimum Gasteiger partial charge on any atom is -0.208 e. The molecule has 11 aromatic rings. The summed E-state index contributed by atoms with van der Waals surface area (Å²) >= 11 is 1.82. The van der Waals surface area contributed by atoms with E-state index in [1.165, 1.54) is 80.7 Å². The third kappa shape index (κ3) is 4.35. The molecule has 0 amide bonds. The van der Waals surface area contributed by atoms with Crippen LogP contribution in [0.3, 0.4) is 0 Å². The second-order valence-electron chi connectivity index (χ2n) is 15.5. The fourth-order valence-corrected chi connectivity index (χ4v) is 11.1. The Morgan fingerprint density at radius 1 is 0.328 bits per heavy atom. The molecule has 13 rings (SSSR count). The lowest BCUT2D eigenvalue weighted by Gasteiger charge is -2.31. The summed E-state index contributed by atoms with van der Waals surface area (Å²) in [4.78, 5) is 15.2. The fraction of sp³-hybridized carbons (Fsp3) is 0.0185. The molecule has 268 valence electrons. The molecule has 9 aromatic carbocycles. The molecule has 0 N–H and O–H groups in total. The molecule has 0 radical (unpaired) electrons. The predicted octanol–water partition coefficient (Wildman–Crippen LogP) is 13.9. The fourth-order valence-electron chi connectivity index (χ4n) is 9.99. The van der Waals surface area contributed by atoms with Crippen molar-refractivity contribution in [2.45, 2.75) is 5.41 Å². The summed E-state index contributed by atoms with van der Waals surface area (Å²) in [7, 11) is 0. The summed E-state index contributed by atoms with van der Waals surface area (Å²) in [6.07, 6.45) is 0. The summed E-state index contributed by atoms with van der Waals surface area (Å²) in [5.41, 5.74) is 12.9. The Balaban J connectivity index is 0.946. The number of aromatic nitrogens is 3.